The summed E-state index contributed by atoms with van der Waals surface area (Å²) in [5.41, 5.74) is 3.91. The Balaban J connectivity index is 2.24. The maximum atomic E-state index is 11.6. The van der Waals surface area contributed by atoms with Crippen molar-refractivity contribution in [3.63, 3.8) is 0 Å². The van der Waals surface area contributed by atoms with Gasteiger partial charge in [-0.1, -0.05) is 31.1 Å². The van der Waals surface area contributed by atoms with Crippen molar-refractivity contribution in [1.29, 1.82) is 0 Å². The molecule has 2 rings (SSSR count). The number of anilines is 1. The largest absolute Gasteiger partial charge is 0.383 e. The lowest BCUT2D eigenvalue weighted by atomic mass is 9.92. The molecule has 1 aromatic rings. The summed E-state index contributed by atoms with van der Waals surface area (Å²) in [6.45, 7) is 7.46. The van der Waals surface area contributed by atoms with Crippen LogP contribution in [0.3, 0.4) is 0 Å². The minimum atomic E-state index is 0.574. The van der Waals surface area contributed by atoms with Gasteiger partial charge in [-0.05, 0) is 51.4 Å². The number of ether oxygens (including phenoxy) is 1. The maximum Gasteiger partial charge on any atom is 0.150 e. The molecule has 4 nitrogen and oxygen atoms in total. The Morgan fingerprint density at radius 2 is 2.00 bits per heavy atom. The molecule has 27 heavy (non-hydrogen) atoms. The van der Waals surface area contributed by atoms with Crippen molar-refractivity contribution in [2.75, 3.05) is 45.3 Å². The van der Waals surface area contributed by atoms with Crippen molar-refractivity contribution >= 4 is 12.0 Å². The van der Waals surface area contributed by atoms with Crippen LogP contribution in [-0.2, 0) is 4.74 Å². The predicted molar refractivity (Wildman–Crippen MR) is 113 cm³/mol. The van der Waals surface area contributed by atoms with Gasteiger partial charge in [0.05, 0.1) is 13.2 Å². The Hall–Kier alpha value is -1.83. The smallest absolute Gasteiger partial charge is 0.150 e. The molecule has 0 amide bonds. The number of carbonyl (C=O) groups excluding carboxylic acids is 1. The standard InChI is InChI=1S/C23H34N2O2/c1-5-25(22-11-7-6-8-12-22)23-17-20(16-21(18-26)19(23)2)10-9-13-24(3)14-15-27-4/h16-18,22H,5-8,11-15H2,1-4H3. The van der Waals surface area contributed by atoms with Gasteiger partial charge in [-0.3, -0.25) is 9.69 Å². The van der Waals surface area contributed by atoms with E-state index in [-0.39, 0.29) is 0 Å². The zero-order valence-electron chi connectivity index (χ0n) is 17.4. The van der Waals surface area contributed by atoms with Crippen LogP contribution in [0.5, 0.6) is 0 Å². The van der Waals surface area contributed by atoms with Gasteiger partial charge < -0.3 is 9.64 Å². The highest BCUT2D eigenvalue weighted by atomic mass is 16.5. The highest BCUT2D eigenvalue weighted by molar-refractivity contribution is 5.82. The SMILES string of the molecule is CCN(c1cc(C#CCN(C)CCOC)cc(C=O)c1C)C1CCCCC1. The van der Waals surface area contributed by atoms with Gasteiger partial charge in [-0.25, -0.2) is 0 Å². The normalized spacial score (nSPS) is 14.7. The van der Waals surface area contributed by atoms with Gasteiger partial charge in [0.1, 0.15) is 6.29 Å². The molecule has 1 saturated carbocycles. The molecule has 148 valence electrons. The third-order valence-electron chi connectivity index (χ3n) is 5.47. The van der Waals surface area contributed by atoms with E-state index in [0.29, 0.717) is 19.2 Å². The first-order valence-electron chi connectivity index (χ1n) is 10.1. The molecule has 0 spiro atoms. The van der Waals surface area contributed by atoms with Crippen LogP contribution in [0.25, 0.3) is 0 Å². The number of carbonyl (C=O) groups is 1. The number of methoxy groups -OCH3 is 1. The van der Waals surface area contributed by atoms with E-state index < -0.39 is 0 Å². The Bertz CT molecular complexity index is 669. The van der Waals surface area contributed by atoms with E-state index in [0.717, 1.165) is 36.1 Å². The zero-order valence-corrected chi connectivity index (χ0v) is 17.4. The van der Waals surface area contributed by atoms with Crippen molar-refractivity contribution in [3.8, 4) is 11.8 Å². The molecule has 1 aromatic carbocycles. The van der Waals surface area contributed by atoms with Crippen LogP contribution in [-0.4, -0.2) is 57.6 Å². The van der Waals surface area contributed by atoms with Gasteiger partial charge in [-0.2, -0.15) is 0 Å². The second-order valence-electron chi connectivity index (χ2n) is 7.44. The maximum absolute atomic E-state index is 11.6. The summed E-state index contributed by atoms with van der Waals surface area (Å²) >= 11 is 0. The Labute approximate surface area is 164 Å². The first-order valence-corrected chi connectivity index (χ1v) is 10.1. The third kappa shape index (κ3) is 6.09. The van der Waals surface area contributed by atoms with Gasteiger partial charge in [0.25, 0.3) is 0 Å². The fourth-order valence-corrected chi connectivity index (χ4v) is 3.83. The second kappa shape index (κ2) is 11.1. The predicted octanol–water partition coefficient (Wildman–Crippen LogP) is 3.90. The number of nitrogens with zero attached hydrogens (tertiary/aromatic N) is 2. The third-order valence-corrected chi connectivity index (χ3v) is 5.47. The Morgan fingerprint density at radius 1 is 1.26 bits per heavy atom. The highest BCUT2D eigenvalue weighted by Crippen LogP contribution is 2.31. The number of likely N-dealkylation sites (N-methyl/N-ethyl adjacent to an activating group) is 1. The molecule has 1 fully saturated rings. The summed E-state index contributed by atoms with van der Waals surface area (Å²) < 4.78 is 5.10. The van der Waals surface area contributed by atoms with E-state index in [9.17, 15) is 4.79 Å². The van der Waals surface area contributed by atoms with E-state index in [1.807, 2.05) is 13.1 Å². The molecular weight excluding hydrogens is 336 g/mol. The molecule has 1 aliphatic carbocycles. The molecular formula is C23H34N2O2. The van der Waals surface area contributed by atoms with Crippen LogP contribution in [0, 0.1) is 18.8 Å². The van der Waals surface area contributed by atoms with Crippen molar-refractivity contribution < 1.29 is 9.53 Å². The average Bonchev–Trinajstić information content (AvgIpc) is 2.69. The topological polar surface area (TPSA) is 32.8 Å². The minimum Gasteiger partial charge on any atom is -0.383 e. The zero-order chi connectivity index (χ0) is 19.6. The summed E-state index contributed by atoms with van der Waals surface area (Å²) in [6.07, 6.45) is 7.38. The molecule has 0 atom stereocenters. The average molecular weight is 371 g/mol. The van der Waals surface area contributed by atoms with Crippen molar-refractivity contribution in [1.82, 2.24) is 4.90 Å². The van der Waals surface area contributed by atoms with E-state index in [1.54, 1.807) is 7.11 Å². The molecule has 0 heterocycles. The second-order valence-corrected chi connectivity index (χ2v) is 7.44. The number of aldehydes is 1. The monoisotopic (exact) mass is 370 g/mol. The lowest BCUT2D eigenvalue weighted by molar-refractivity contribution is 0.112. The van der Waals surface area contributed by atoms with Crippen LogP contribution in [0.1, 0.15) is 60.5 Å². The molecule has 0 aromatic heterocycles. The number of hydrogen-bond acceptors (Lipinski definition) is 4. The molecule has 0 unspecified atom stereocenters. The van der Waals surface area contributed by atoms with E-state index in [1.165, 1.54) is 37.8 Å². The number of rotatable bonds is 8. The lowest BCUT2D eigenvalue weighted by Gasteiger charge is -2.36. The minimum absolute atomic E-state index is 0.574. The molecule has 0 saturated heterocycles. The fraction of sp³-hybridized carbons (Fsp3) is 0.609. The number of benzene rings is 1. The molecule has 0 aliphatic heterocycles. The molecule has 1 aliphatic rings. The quantitative estimate of drug-likeness (QED) is 0.513. The van der Waals surface area contributed by atoms with Crippen molar-refractivity contribution in [2.24, 2.45) is 0 Å². The van der Waals surface area contributed by atoms with Gasteiger partial charge >= 0.3 is 0 Å². The van der Waals surface area contributed by atoms with E-state index in [2.05, 4.69) is 41.6 Å². The van der Waals surface area contributed by atoms with Crippen molar-refractivity contribution in [3.05, 3.63) is 28.8 Å². The van der Waals surface area contributed by atoms with E-state index >= 15 is 0 Å². The van der Waals surface area contributed by atoms with Gasteiger partial charge in [0.15, 0.2) is 0 Å². The summed E-state index contributed by atoms with van der Waals surface area (Å²) in [4.78, 5) is 16.2. The first-order chi connectivity index (χ1) is 13.1. The number of hydrogen-bond donors (Lipinski definition) is 0. The van der Waals surface area contributed by atoms with Gasteiger partial charge in [-0.15, -0.1) is 0 Å². The van der Waals surface area contributed by atoms with Crippen LogP contribution in [0.15, 0.2) is 12.1 Å². The molecule has 4 heteroatoms. The Morgan fingerprint density at radius 3 is 2.63 bits per heavy atom. The molecule has 0 N–H and O–H groups in total. The summed E-state index contributed by atoms with van der Waals surface area (Å²) in [5.74, 6) is 6.49. The molecule has 0 radical (unpaired) electrons. The van der Waals surface area contributed by atoms with Gasteiger partial charge in [0.2, 0.25) is 0 Å². The Kier molecular flexibility index (Phi) is 8.84. The lowest BCUT2D eigenvalue weighted by Crippen LogP contribution is -2.37. The fourth-order valence-electron chi connectivity index (χ4n) is 3.83. The van der Waals surface area contributed by atoms with Crippen LogP contribution in [0.4, 0.5) is 5.69 Å². The van der Waals surface area contributed by atoms with Crippen LogP contribution >= 0.6 is 0 Å². The van der Waals surface area contributed by atoms with Crippen LogP contribution < -0.4 is 4.90 Å². The summed E-state index contributed by atoms with van der Waals surface area (Å²) in [6, 6.07) is 4.66. The highest BCUT2D eigenvalue weighted by Gasteiger charge is 2.22. The van der Waals surface area contributed by atoms with Crippen LogP contribution in [0.2, 0.25) is 0 Å². The van der Waals surface area contributed by atoms with E-state index in [4.69, 9.17) is 4.74 Å². The molecule has 0 bridgehead atoms. The summed E-state index contributed by atoms with van der Waals surface area (Å²) in [5, 5.41) is 0. The van der Waals surface area contributed by atoms with Crippen molar-refractivity contribution in [2.45, 2.75) is 52.0 Å². The summed E-state index contributed by atoms with van der Waals surface area (Å²) in [7, 11) is 3.74. The van der Waals surface area contributed by atoms with Gasteiger partial charge in [0, 0.05) is 43.1 Å². The first kappa shape index (κ1) is 21.5.